The maximum absolute atomic E-state index is 13.6. The molecule has 2 aromatic heterocycles. The summed E-state index contributed by atoms with van der Waals surface area (Å²) in [5.41, 5.74) is -0.893. The highest BCUT2D eigenvalue weighted by Gasteiger charge is 2.34. The Labute approximate surface area is 198 Å². The van der Waals surface area contributed by atoms with Crippen LogP contribution in [-0.4, -0.2) is 59.4 Å². The van der Waals surface area contributed by atoms with Crippen LogP contribution in [0.5, 0.6) is 5.88 Å². The second-order valence-corrected chi connectivity index (χ2v) is 8.00. The first-order valence-electron chi connectivity index (χ1n) is 10.5. The third kappa shape index (κ3) is 5.85. The number of ether oxygens (including phenoxy) is 1. The van der Waals surface area contributed by atoms with Gasteiger partial charge in [0.2, 0.25) is 12.3 Å². The number of nitrogens with zero attached hydrogens (tertiary/aromatic N) is 5. The number of fused-ring (bicyclic) bond motifs is 1. The van der Waals surface area contributed by atoms with Gasteiger partial charge in [0.15, 0.2) is 5.65 Å². The van der Waals surface area contributed by atoms with Crippen LogP contribution in [0.15, 0.2) is 24.3 Å². The first-order chi connectivity index (χ1) is 16.4. The summed E-state index contributed by atoms with van der Waals surface area (Å²) in [4.78, 5) is 31.8. The molecule has 0 aliphatic heterocycles. The van der Waals surface area contributed by atoms with E-state index in [2.05, 4.69) is 15.4 Å². The fourth-order valence-corrected chi connectivity index (χ4v) is 3.36. The number of nitrogens with one attached hydrogen (secondary N) is 1. The van der Waals surface area contributed by atoms with E-state index in [4.69, 9.17) is 4.74 Å². The minimum Gasteiger partial charge on any atom is -0.476 e. The van der Waals surface area contributed by atoms with Gasteiger partial charge in [-0.15, -0.1) is 0 Å². The van der Waals surface area contributed by atoms with Crippen LogP contribution < -0.4 is 15.0 Å². The van der Waals surface area contributed by atoms with Crippen molar-refractivity contribution in [2.24, 2.45) is 7.05 Å². The zero-order chi connectivity index (χ0) is 25.9. The van der Waals surface area contributed by atoms with Crippen LogP contribution in [-0.2, 0) is 18.0 Å². The van der Waals surface area contributed by atoms with Gasteiger partial charge in [0.05, 0.1) is 17.9 Å². The molecule has 0 atom stereocenters. The summed E-state index contributed by atoms with van der Waals surface area (Å²) in [5.74, 6) is -1.52. The Balaban J connectivity index is 1.96. The SMILES string of the molecule is Cc1nn(C)c2nc(OCCCN(C)C)c(N(C=O)C(=O)Nc3ccc(F)c(C(F)(F)F)c3)cc12. The van der Waals surface area contributed by atoms with Crippen molar-refractivity contribution >= 4 is 34.8 Å². The van der Waals surface area contributed by atoms with Gasteiger partial charge in [0.1, 0.15) is 11.5 Å². The molecule has 0 saturated heterocycles. The summed E-state index contributed by atoms with van der Waals surface area (Å²) in [7, 11) is 5.47. The lowest BCUT2D eigenvalue weighted by Crippen LogP contribution is -2.34. The lowest BCUT2D eigenvalue weighted by molar-refractivity contribution is -0.139. The third-order valence-electron chi connectivity index (χ3n) is 5.04. The van der Waals surface area contributed by atoms with Crippen LogP contribution in [0.3, 0.4) is 0 Å². The number of halogens is 4. The van der Waals surface area contributed by atoms with Crippen molar-refractivity contribution in [3.05, 3.63) is 41.3 Å². The molecule has 0 bridgehead atoms. The standard InChI is InChI=1S/C22H24F4N6O3/c1-13-15-11-18(20(28-19(15)31(4)29-13)35-9-5-8-30(2)3)32(12-33)21(34)27-14-6-7-17(23)16(10-14)22(24,25)26/h6-7,10-12H,5,8-9H2,1-4H3,(H,27,34). The number of benzene rings is 1. The molecular formula is C22H24F4N6O3. The summed E-state index contributed by atoms with van der Waals surface area (Å²) in [6.07, 6.45) is -4.15. The minimum absolute atomic E-state index is 0.0240. The Morgan fingerprint density at radius 2 is 1.97 bits per heavy atom. The van der Waals surface area contributed by atoms with Crippen molar-refractivity contribution in [2.45, 2.75) is 19.5 Å². The van der Waals surface area contributed by atoms with E-state index in [0.29, 0.717) is 46.7 Å². The largest absolute Gasteiger partial charge is 0.476 e. The number of rotatable bonds is 8. The van der Waals surface area contributed by atoms with Crippen molar-refractivity contribution < 1.29 is 31.9 Å². The average Bonchev–Trinajstić information content (AvgIpc) is 3.04. The molecule has 1 N–H and O–H groups in total. The smallest absolute Gasteiger partial charge is 0.419 e. The van der Waals surface area contributed by atoms with E-state index in [9.17, 15) is 27.2 Å². The molecule has 188 valence electrons. The van der Waals surface area contributed by atoms with Crippen molar-refractivity contribution in [1.82, 2.24) is 19.7 Å². The zero-order valence-corrected chi connectivity index (χ0v) is 19.5. The Kier molecular flexibility index (Phi) is 7.58. The summed E-state index contributed by atoms with van der Waals surface area (Å²) < 4.78 is 60.0. The van der Waals surface area contributed by atoms with Crippen LogP contribution in [0.25, 0.3) is 11.0 Å². The number of amides is 3. The molecule has 2 heterocycles. The molecule has 35 heavy (non-hydrogen) atoms. The van der Waals surface area contributed by atoms with Crippen molar-refractivity contribution in [2.75, 3.05) is 37.5 Å². The number of hydrogen-bond donors (Lipinski definition) is 1. The van der Waals surface area contributed by atoms with Gasteiger partial charge in [0, 0.05) is 24.7 Å². The molecule has 3 rings (SSSR count). The van der Waals surface area contributed by atoms with Crippen LogP contribution >= 0.6 is 0 Å². The van der Waals surface area contributed by atoms with Crippen molar-refractivity contribution in [1.29, 1.82) is 0 Å². The van der Waals surface area contributed by atoms with E-state index in [1.165, 1.54) is 10.7 Å². The Bertz CT molecular complexity index is 1240. The van der Waals surface area contributed by atoms with Gasteiger partial charge in [-0.1, -0.05) is 0 Å². The summed E-state index contributed by atoms with van der Waals surface area (Å²) in [6.45, 7) is 2.65. The number of aromatic nitrogens is 3. The number of hydrogen-bond acceptors (Lipinski definition) is 6. The van der Waals surface area contributed by atoms with Gasteiger partial charge in [-0.05, 0) is 51.7 Å². The van der Waals surface area contributed by atoms with Crippen molar-refractivity contribution in [3.63, 3.8) is 0 Å². The summed E-state index contributed by atoms with van der Waals surface area (Å²) in [5, 5.41) is 7.01. The van der Waals surface area contributed by atoms with Crippen molar-refractivity contribution in [3.8, 4) is 5.88 Å². The highest BCUT2D eigenvalue weighted by molar-refractivity contribution is 6.13. The molecule has 0 aliphatic carbocycles. The predicted molar refractivity (Wildman–Crippen MR) is 121 cm³/mol. The monoisotopic (exact) mass is 496 g/mol. The number of anilines is 2. The first-order valence-corrected chi connectivity index (χ1v) is 10.5. The molecule has 13 heteroatoms. The van der Waals surface area contributed by atoms with E-state index in [1.54, 1.807) is 14.0 Å². The lowest BCUT2D eigenvalue weighted by atomic mass is 10.2. The second kappa shape index (κ2) is 10.3. The molecular weight excluding hydrogens is 472 g/mol. The summed E-state index contributed by atoms with van der Waals surface area (Å²) >= 11 is 0. The Morgan fingerprint density at radius 3 is 2.60 bits per heavy atom. The number of imide groups is 1. The van der Waals surface area contributed by atoms with Gasteiger partial charge < -0.3 is 15.0 Å². The normalized spacial score (nSPS) is 11.7. The maximum atomic E-state index is 13.6. The number of carbonyl (C=O) groups excluding carboxylic acids is 2. The van der Waals surface area contributed by atoms with E-state index >= 15 is 0 Å². The predicted octanol–water partition coefficient (Wildman–Crippen LogP) is 3.96. The molecule has 3 aromatic rings. The molecule has 0 radical (unpaired) electrons. The second-order valence-electron chi connectivity index (χ2n) is 8.00. The molecule has 0 spiro atoms. The highest BCUT2D eigenvalue weighted by atomic mass is 19.4. The Morgan fingerprint density at radius 1 is 1.26 bits per heavy atom. The van der Waals surface area contributed by atoms with Gasteiger partial charge in [-0.3, -0.25) is 9.48 Å². The first kappa shape index (κ1) is 25.9. The quantitative estimate of drug-likeness (QED) is 0.288. The molecule has 0 unspecified atom stereocenters. The molecule has 1 aromatic carbocycles. The van der Waals surface area contributed by atoms with Gasteiger partial charge in [-0.25, -0.2) is 14.1 Å². The third-order valence-corrected chi connectivity index (χ3v) is 5.04. The number of carbonyl (C=O) groups is 2. The number of pyridine rings is 1. The van der Waals surface area contributed by atoms with Gasteiger partial charge >= 0.3 is 12.2 Å². The number of alkyl halides is 3. The minimum atomic E-state index is -4.96. The van der Waals surface area contributed by atoms with Gasteiger partial charge in [0.25, 0.3) is 0 Å². The number of urea groups is 1. The molecule has 0 aliphatic rings. The maximum Gasteiger partial charge on any atom is 0.419 e. The topological polar surface area (TPSA) is 92.6 Å². The van der Waals surface area contributed by atoms with E-state index in [-0.39, 0.29) is 30.3 Å². The van der Waals surface area contributed by atoms with Gasteiger partial charge in [-0.2, -0.15) is 23.3 Å². The molecule has 3 amide bonds. The number of aryl methyl sites for hydroxylation is 2. The van der Waals surface area contributed by atoms with Crippen LogP contribution in [0, 0.1) is 12.7 Å². The Hall–Kier alpha value is -3.74. The highest BCUT2D eigenvalue weighted by Crippen LogP contribution is 2.34. The summed E-state index contributed by atoms with van der Waals surface area (Å²) in [6, 6.07) is 2.39. The zero-order valence-electron chi connectivity index (χ0n) is 19.5. The fourth-order valence-electron chi connectivity index (χ4n) is 3.36. The molecule has 0 saturated carbocycles. The van der Waals surface area contributed by atoms with E-state index < -0.39 is 23.6 Å². The van der Waals surface area contributed by atoms with Crippen LogP contribution in [0.1, 0.15) is 17.7 Å². The molecule has 0 fully saturated rings. The average molecular weight is 496 g/mol. The lowest BCUT2D eigenvalue weighted by Gasteiger charge is -2.20. The van der Waals surface area contributed by atoms with Crippen LogP contribution in [0.4, 0.5) is 33.7 Å². The van der Waals surface area contributed by atoms with E-state index in [0.717, 1.165) is 6.07 Å². The molecule has 9 nitrogen and oxygen atoms in total. The van der Waals surface area contributed by atoms with Crippen LogP contribution in [0.2, 0.25) is 0 Å². The fraction of sp³-hybridized carbons (Fsp3) is 0.364. The van der Waals surface area contributed by atoms with E-state index in [1.807, 2.05) is 19.0 Å².